The number of benzene rings is 6. The summed E-state index contributed by atoms with van der Waals surface area (Å²) >= 11 is 0. The topological polar surface area (TPSA) is 29.3 Å². The maximum atomic E-state index is 6.65. The van der Waals surface area contributed by atoms with Gasteiger partial charge in [0.25, 0.3) is 0 Å². The van der Waals surface area contributed by atoms with Crippen molar-refractivity contribution in [3.63, 3.8) is 0 Å². The Morgan fingerprint density at radius 3 is 2.22 bits per heavy atom. The van der Waals surface area contributed by atoms with E-state index in [-0.39, 0.29) is 5.41 Å². The van der Waals surface area contributed by atoms with Crippen LogP contribution in [0.1, 0.15) is 25.0 Å². The monoisotopic (exact) mass is 578 g/mol. The average molecular weight is 579 g/mol. The first-order valence-electron chi connectivity index (χ1n) is 15.5. The summed E-state index contributed by atoms with van der Waals surface area (Å²) in [4.78, 5) is 7.13. The predicted molar refractivity (Wildman–Crippen MR) is 187 cm³/mol. The van der Waals surface area contributed by atoms with Crippen LogP contribution >= 0.6 is 0 Å². The third-order valence-electron chi connectivity index (χ3n) is 9.48. The molecule has 0 saturated heterocycles. The van der Waals surface area contributed by atoms with Crippen LogP contribution in [-0.2, 0) is 5.41 Å². The van der Waals surface area contributed by atoms with Gasteiger partial charge in [-0.1, -0.05) is 98.8 Å². The number of anilines is 3. The van der Waals surface area contributed by atoms with E-state index in [0.717, 1.165) is 39.3 Å². The molecule has 0 amide bonds. The van der Waals surface area contributed by atoms with Gasteiger partial charge in [-0.3, -0.25) is 4.98 Å². The Morgan fingerprint density at radius 1 is 0.600 bits per heavy atom. The van der Waals surface area contributed by atoms with Crippen LogP contribution in [0.15, 0.2) is 150 Å². The van der Waals surface area contributed by atoms with Gasteiger partial charge in [-0.2, -0.15) is 0 Å². The van der Waals surface area contributed by atoms with E-state index in [9.17, 15) is 0 Å². The molecule has 0 radical (unpaired) electrons. The lowest BCUT2D eigenvalue weighted by Crippen LogP contribution is -2.15. The molecule has 1 aliphatic carbocycles. The first kappa shape index (κ1) is 25.8. The molecule has 214 valence electrons. The van der Waals surface area contributed by atoms with E-state index in [1.165, 1.54) is 44.0 Å². The normalized spacial score (nSPS) is 13.3. The molecule has 9 rings (SSSR count). The van der Waals surface area contributed by atoms with Crippen molar-refractivity contribution < 1.29 is 4.42 Å². The minimum Gasteiger partial charge on any atom is -0.456 e. The molecule has 0 bridgehead atoms. The zero-order valence-electron chi connectivity index (χ0n) is 25.2. The smallest absolute Gasteiger partial charge is 0.137 e. The number of fused-ring (bicyclic) bond motifs is 8. The van der Waals surface area contributed by atoms with Crippen molar-refractivity contribution in [2.75, 3.05) is 4.90 Å². The van der Waals surface area contributed by atoms with E-state index >= 15 is 0 Å². The van der Waals surface area contributed by atoms with Crippen LogP contribution in [0, 0.1) is 0 Å². The molecule has 0 saturated carbocycles. The third-order valence-corrected chi connectivity index (χ3v) is 9.48. The molecular formula is C42H30N2O. The quantitative estimate of drug-likeness (QED) is 0.208. The second kappa shape index (κ2) is 9.67. The van der Waals surface area contributed by atoms with Crippen molar-refractivity contribution in [3.8, 4) is 22.4 Å². The number of rotatable bonds is 4. The van der Waals surface area contributed by atoms with E-state index in [4.69, 9.17) is 9.40 Å². The highest BCUT2D eigenvalue weighted by molar-refractivity contribution is 6.12. The number of hydrogen-bond donors (Lipinski definition) is 0. The van der Waals surface area contributed by atoms with Crippen molar-refractivity contribution in [2.24, 2.45) is 0 Å². The van der Waals surface area contributed by atoms with Crippen LogP contribution in [0.25, 0.3) is 55.1 Å². The number of hydrogen-bond acceptors (Lipinski definition) is 3. The Kier molecular flexibility index (Phi) is 5.54. The van der Waals surface area contributed by atoms with Crippen molar-refractivity contribution in [1.82, 2.24) is 4.98 Å². The molecule has 1 aliphatic rings. The summed E-state index contributed by atoms with van der Waals surface area (Å²) in [6.07, 6.45) is 1.89. The van der Waals surface area contributed by atoms with Gasteiger partial charge in [0.2, 0.25) is 0 Å². The summed E-state index contributed by atoms with van der Waals surface area (Å²) < 4.78 is 6.65. The fourth-order valence-corrected chi connectivity index (χ4v) is 7.37. The Hall–Kier alpha value is -5.67. The molecule has 0 unspecified atom stereocenters. The van der Waals surface area contributed by atoms with Crippen molar-refractivity contribution in [2.45, 2.75) is 19.3 Å². The van der Waals surface area contributed by atoms with Gasteiger partial charge < -0.3 is 9.32 Å². The lowest BCUT2D eigenvalue weighted by molar-refractivity contribution is 0.656. The molecule has 0 spiro atoms. The zero-order valence-corrected chi connectivity index (χ0v) is 25.2. The molecule has 3 nitrogen and oxygen atoms in total. The SMILES string of the molecule is CC1(C)c2cccnc2-c2ccc3oc4cc(N(c5ccc(-c6ccccc6)cc5)c5cccc6ccccc56)ccc4c3c21. The molecule has 0 atom stereocenters. The molecule has 45 heavy (non-hydrogen) atoms. The van der Waals surface area contributed by atoms with Crippen LogP contribution in [-0.4, -0.2) is 4.98 Å². The number of nitrogens with zero attached hydrogens (tertiary/aromatic N) is 2. The highest BCUT2D eigenvalue weighted by atomic mass is 16.3. The van der Waals surface area contributed by atoms with E-state index in [1.54, 1.807) is 0 Å². The second-order valence-corrected chi connectivity index (χ2v) is 12.4. The molecular weight excluding hydrogens is 548 g/mol. The second-order valence-electron chi connectivity index (χ2n) is 12.4. The van der Waals surface area contributed by atoms with Gasteiger partial charge in [0.15, 0.2) is 0 Å². The van der Waals surface area contributed by atoms with Gasteiger partial charge in [0.05, 0.1) is 11.4 Å². The van der Waals surface area contributed by atoms with Gasteiger partial charge >= 0.3 is 0 Å². The molecule has 3 heteroatoms. The molecule has 0 aliphatic heterocycles. The average Bonchev–Trinajstić information content (AvgIpc) is 3.57. The lowest BCUT2D eigenvalue weighted by Gasteiger charge is -2.27. The Morgan fingerprint density at radius 2 is 1.36 bits per heavy atom. The first-order valence-corrected chi connectivity index (χ1v) is 15.5. The maximum absolute atomic E-state index is 6.65. The number of pyridine rings is 1. The fraction of sp³-hybridized carbons (Fsp3) is 0.0714. The Balaban J connectivity index is 1.24. The van der Waals surface area contributed by atoms with Gasteiger partial charge in [0, 0.05) is 50.8 Å². The maximum Gasteiger partial charge on any atom is 0.137 e. The third kappa shape index (κ3) is 3.87. The zero-order chi connectivity index (χ0) is 30.1. The van der Waals surface area contributed by atoms with Gasteiger partial charge in [-0.05, 0) is 76.2 Å². The van der Waals surface area contributed by atoms with E-state index in [1.807, 2.05) is 12.3 Å². The van der Waals surface area contributed by atoms with Gasteiger partial charge in [0.1, 0.15) is 11.2 Å². The molecule has 0 fully saturated rings. The van der Waals surface area contributed by atoms with Crippen LogP contribution in [0.4, 0.5) is 17.1 Å². The van der Waals surface area contributed by atoms with Crippen LogP contribution in [0.3, 0.4) is 0 Å². The van der Waals surface area contributed by atoms with E-state index in [2.05, 4.69) is 152 Å². The van der Waals surface area contributed by atoms with Crippen molar-refractivity contribution in [1.29, 1.82) is 0 Å². The van der Waals surface area contributed by atoms with Crippen molar-refractivity contribution in [3.05, 3.63) is 157 Å². The predicted octanol–water partition coefficient (Wildman–Crippen LogP) is 11.6. The molecule has 2 aromatic heterocycles. The fourth-order valence-electron chi connectivity index (χ4n) is 7.37. The van der Waals surface area contributed by atoms with Crippen molar-refractivity contribution >= 4 is 49.8 Å². The van der Waals surface area contributed by atoms with Gasteiger partial charge in [-0.25, -0.2) is 0 Å². The summed E-state index contributed by atoms with van der Waals surface area (Å²) in [5.74, 6) is 0. The van der Waals surface area contributed by atoms with Crippen LogP contribution < -0.4 is 4.90 Å². The summed E-state index contributed by atoms with van der Waals surface area (Å²) in [6.45, 7) is 4.60. The van der Waals surface area contributed by atoms with Gasteiger partial charge in [-0.15, -0.1) is 0 Å². The summed E-state index contributed by atoms with van der Waals surface area (Å²) in [5, 5.41) is 4.71. The van der Waals surface area contributed by atoms with E-state index in [0.29, 0.717) is 0 Å². The number of aromatic nitrogens is 1. The Bertz CT molecular complexity index is 2400. The Labute approximate surface area is 262 Å². The standard InChI is InChI=1S/C42H30N2O/c1-42(2)35-15-9-25-43-41(35)34-23-24-37-39(40(34)42)33-22-21-31(26-38(33)45-37)44(36-16-8-13-29-12-6-7-14-32(29)36)30-19-17-28(18-20-30)27-10-4-3-5-11-27/h3-26H,1-2H3. The van der Waals surface area contributed by atoms with Crippen LogP contribution in [0.2, 0.25) is 0 Å². The minimum atomic E-state index is -0.177. The van der Waals surface area contributed by atoms with Crippen LogP contribution in [0.5, 0.6) is 0 Å². The molecule has 0 N–H and O–H groups in total. The highest BCUT2D eigenvalue weighted by Crippen LogP contribution is 2.52. The highest BCUT2D eigenvalue weighted by Gasteiger charge is 2.38. The molecule has 6 aromatic carbocycles. The lowest BCUT2D eigenvalue weighted by atomic mass is 9.80. The summed E-state index contributed by atoms with van der Waals surface area (Å²) in [6, 6.07) is 49.7. The number of furan rings is 1. The summed E-state index contributed by atoms with van der Waals surface area (Å²) in [5.41, 5.74) is 12.1. The minimum absolute atomic E-state index is 0.177. The van der Waals surface area contributed by atoms with E-state index < -0.39 is 0 Å². The molecule has 8 aromatic rings. The largest absolute Gasteiger partial charge is 0.456 e. The first-order chi connectivity index (χ1) is 22.1. The molecule has 2 heterocycles. The summed E-state index contributed by atoms with van der Waals surface area (Å²) in [7, 11) is 0.